The summed E-state index contributed by atoms with van der Waals surface area (Å²) in [4.78, 5) is 0. The standard InChI is InChI=1S/C20H20N2/c1-2-22-19-11-7-6-10-17(19)18-13-12-16(14-20(18)22)21-15-8-4-3-5-9-15/h3-6,8-10,12-14,21H,2,7,11H2,1H3. The highest BCUT2D eigenvalue weighted by molar-refractivity contribution is 5.94. The van der Waals surface area contributed by atoms with Gasteiger partial charge in [0, 0.05) is 34.6 Å². The molecule has 110 valence electrons. The van der Waals surface area contributed by atoms with E-state index in [0.29, 0.717) is 0 Å². The van der Waals surface area contributed by atoms with Crippen molar-refractivity contribution < 1.29 is 0 Å². The highest BCUT2D eigenvalue weighted by atomic mass is 15.0. The molecule has 0 spiro atoms. The number of allylic oxidation sites excluding steroid dienone is 1. The minimum atomic E-state index is 1.02. The molecular formula is C20H20N2. The van der Waals surface area contributed by atoms with E-state index in [0.717, 1.165) is 30.8 Å². The lowest BCUT2D eigenvalue weighted by molar-refractivity contribution is 0.729. The first kappa shape index (κ1) is 13.2. The van der Waals surface area contributed by atoms with Crippen molar-refractivity contribution in [1.29, 1.82) is 0 Å². The number of aromatic nitrogens is 1. The fourth-order valence-corrected chi connectivity index (χ4v) is 3.43. The largest absolute Gasteiger partial charge is 0.355 e. The topological polar surface area (TPSA) is 17.0 Å². The number of benzene rings is 2. The normalized spacial score (nSPS) is 13.3. The Balaban J connectivity index is 1.82. The fraction of sp³-hybridized carbons (Fsp3) is 0.200. The van der Waals surface area contributed by atoms with E-state index in [1.807, 2.05) is 6.07 Å². The van der Waals surface area contributed by atoms with Crippen LogP contribution in [0.15, 0.2) is 54.6 Å². The monoisotopic (exact) mass is 288 g/mol. The number of nitrogens with one attached hydrogen (secondary N) is 1. The van der Waals surface area contributed by atoms with Crippen molar-refractivity contribution in [2.45, 2.75) is 26.3 Å². The number of aryl methyl sites for hydroxylation is 1. The minimum Gasteiger partial charge on any atom is -0.355 e. The molecule has 1 aliphatic carbocycles. The second-order valence-corrected chi connectivity index (χ2v) is 5.77. The SMILES string of the molecule is CCn1c2c(c3ccc(Nc4ccccc4)cc31)C=CCC2. The average Bonchev–Trinajstić information content (AvgIpc) is 2.89. The molecule has 0 saturated heterocycles. The molecule has 2 heteroatoms. The zero-order valence-electron chi connectivity index (χ0n) is 12.8. The summed E-state index contributed by atoms with van der Waals surface area (Å²) in [6.45, 7) is 3.25. The number of nitrogens with zero attached hydrogens (tertiary/aromatic N) is 1. The Labute approximate surface area is 131 Å². The second-order valence-electron chi connectivity index (χ2n) is 5.77. The third-order valence-electron chi connectivity index (χ3n) is 4.43. The Kier molecular flexibility index (Phi) is 3.23. The maximum Gasteiger partial charge on any atom is 0.0509 e. The maximum absolute atomic E-state index is 3.50. The van der Waals surface area contributed by atoms with Gasteiger partial charge in [0.15, 0.2) is 0 Å². The Morgan fingerprint density at radius 1 is 1.05 bits per heavy atom. The van der Waals surface area contributed by atoms with Gasteiger partial charge in [0.2, 0.25) is 0 Å². The Hall–Kier alpha value is -2.48. The van der Waals surface area contributed by atoms with Crippen LogP contribution >= 0.6 is 0 Å². The summed E-state index contributed by atoms with van der Waals surface area (Å²) >= 11 is 0. The first-order valence-electron chi connectivity index (χ1n) is 8.00. The van der Waals surface area contributed by atoms with E-state index in [1.54, 1.807) is 0 Å². The summed E-state index contributed by atoms with van der Waals surface area (Å²) in [7, 11) is 0. The van der Waals surface area contributed by atoms with Gasteiger partial charge in [-0.1, -0.05) is 36.4 Å². The molecule has 2 aromatic carbocycles. The summed E-state index contributed by atoms with van der Waals surface area (Å²) in [5, 5.41) is 4.86. The van der Waals surface area contributed by atoms with Crippen molar-refractivity contribution >= 4 is 28.4 Å². The molecule has 0 saturated carbocycles. The lowest BCUT2D eigenvalue weighted by Gasteiger charge is -2.11. The van der Waals surface area contributed by atoms with Gasteiger partial charge in [-0.25, -0.2) is 0 Å². The van der Waals surface area contributed by atoms with Crippen LogP contribution in [0, 0.1) is 0 Å². The number of hydrogen-bond donors (Lipinski definition) is 1. The van der Waals surface area contributed by atoms with Gasteiger partial charge in [-0.15, -0.1) is 0 Å². The summed E-state index contributed by atoms with van der Waals surface area (Å²) in [6, 6.07) is 17.0. The molecule has 22 heavy (non-hydrogen) atoms. The molecule has 0 aliphatic heterocycles. The highest BCUT2D eigenvalue weighted by Crippen LogP contribution is 2.33. The lowest BCUT2D eigenvalue weighted by atomic mass is 10.0. The molecule has 4 rings (SSSR count). The molecule has 3 aromatic rings. The average molecular weight is 288 g/mol. The van der Waals surface area contributed by atoms with Crippen LogP contribution in [0.25, 0.3) is 17.0 Å². The van der Waals surface area contributed by atoms with Crippen LogP contribution in [0.5, 0.6) is 0 Å². The minimum absolute atomic E-state index is 1.02. The van der Waals surface area contributed by atoms with Crippen LogP contribution < -0.4 is 5.32 Å². The smallest absolute Gasteiger partial charge is 0.0509 e. The van der Waals surface area contributed by atoms with Gasteiger partial charge < -0.3 is 9.88 Å². The maximum atomic E-state index is 3.50. The van der Waals surface area contributed by atoms with Crippen LogP contribution in [0.3, 0.4) is 0 Å². The van der Waals surface area contributed by atoms with Gasteiger partial charge in [0.25, 0.3) is 0 Å². The zero-order chi connectivity index (χ0) is 14.9. The summed E-state index contributed by atoms with van der Waals surface area (Å²) in [6.07, 6.45) is 6.88. The van der Waals surface area contributed by atoms with E-state index in [4.69, 9.17) is 0 Å². The second kappa shape index (κ2) is 5.38. The lowest BCUT2D eigenvalue weighted by Crippen LogP contribution is -2.03. The fourth-order valence-electron chi connectivity index (χ4n) is 3.43. The Bertz CT molecular complexity index is 841. The zero-order valence-corrected chi connectivity index (χ0v) is 12.8. The predicted octanol–water partition coefficient (Wildman–Crippen LogP) is 5.36. The molecular weight excluding hydrogens is 268 g/mol. The van der Waals surface area contributed by atoms with Crippen molar-refractivity contribution in [2.24, 2.45) is 0 Å². The molecule has 0 bridgehead atoms. The van der Waals surface area contributed by atoms with Gasteiger partial charge in [0.05, 0.1) is 5.52 Å². The van der Waals surface area contributed by atoms with E-state index in [2.05, 4.69) is 71.4 Å². The van der Waals surface area contributed by atoms with E-state index in [9.17, 15) is 0 Å². The first-order chi connectivity index (χ1) is 10.9. The van der Waals surface area contributed by atoms with E-state index < -0.39 is 0 Å². The molecule has 0 radical (unpaired) electrons. The molecule has 0 unspecified atom stereocenters. The molecule has 0 atom stereocenters. The van der Waals surface area contributed by atoms with Gasteiger partial charge in [-0.2, -0.15) is 0 Å². The summed E-state index contributed by atoms with van der Waals surface area (Å²) in [5.74, 6) is 0. The number of hydrogen-bond acceptors (Lipinski definition) is 1. The molecule has 1 aliphatic rings. The number of para-hydroxylation sites is 1. The predicted molar refractivity (Wildman–Crippen MR) is 94.7 cm³/mol. The number of fused-ring (bicyclic) bond motifs is 3. The van der Waals surface area contributed by atoms with Crippen molar-refractivity contribution in [2.75, 3.05) is 5.32 Å². The van der Waals surface area contributed by atoms with Gasteiger partial charge in [-0.3, -0.25) is 0 Å². The number of anilines is 2. The van der Waals surface area contributed by atoms with Crippen LogP contribution in [0.1, 0.15) is 24.6 Å². The van der Waals surface area contributed by atoms with E-state index in [-0.39, 0.29) is 0 Å². The van der Waals surface area contributed by atoms with Crippen LogP contribution in [0.4, 0.5) is 11.4 Å². The summed E-state index contributed by atoms with van der Waals surface area (Å²) < 4.78 is 2.46. The third-order valence-corrected chi connectivity index (χ3v) is 4.43. The van der Waals surface area contributed by atoms with Crippen molar-refractivity contribution in [3.8, 4) is 0 Å². The van der Waals surface area contributed by atoms with E-state index in [1.165, 1.54) is 22.2 Å². The van der Waals surface area contributed by atoms with Crippen molar-refractivity contribution in [3.63, 3.8) is 0 Å². The highest BCUT2D eigenvalue weighted by Gasteiger charge is 2.16. The third kappa shape index (κ3) is 2.12. The quantitative estimate of drug-likeness (QED) is 0.686. The van der Waals surface area contributed by atoms with Crippen LogP contribution in [0.2, 0.25) is 0 Å². The van der Waals surface area contributed by atoms with Crippen molar-refractivity contribution in [1.82, 2.24) is 4.57 Å². The van der Waals surface area contributed by atoms with Gasteiger partial charge in [-0.05, 0) is 44.0 Å². The molecule has 1 heterocycles. The van der Waals surface area contributed by atoms with Gasteiger partial charge >= 0.3 is 0 Å². The molecule has 0 amide bonds. The Morgan fingerprint density at radius 2 is 1.91 bits per heavy atom. The first-order valence-corrected chi connectivity index (χ1v) is 8.00. The molecule has 0 fully saturated rings. The molecule has 2 nitrogen and oxygen atoms in total. The van der Waals surface area contributed by atoms with Crippen LogP contribution in [-0.2, 0) is 13.0 Å². The van der Waals surface area contributed by atoms with Crippen molar-refractivity contribution in [3.05, 3.63) is 65.9 Å². The van der Waals surface area contributed by atoms with E-state index >= 15 is 0 Å². The van der Waals surface area contributed by atoms with Gasteiger partial charge in [0.1, 0.15) is 0 Å². The molecule has 1 aromatic heterocycles. The van der Waals surface area contributed by atoms with Crippen LogP contribution in [-0.4, -0.2) is 4.57 Å². The number of rotatable bonds is 3. The Morgan fingerprint density at radius 3 is 2.73 bits per heavy atom. The molecule has 1 N–H and O–H groups in total. The summed E-state index contributed by atoms with van der Waals surface area (Å²) in [5.41, 5.74) is 6.50.